The molecule has 7 nitrogen and oxygen atoms in total. The first-order chi connectivity index (χ1) is 14.2. The molecule has 1 fully saturated rings. The molecule has 3 rings (SSSR count). The molecule has 1 atom stereocenters. The standard InChI is InChI=1S/C22H33N5O2.HI/c1-18-9-7-11-21(28)27(18)15-4-3-12-24-22(23-2)25-17-19(20-10-8-16-29-20)26-13-5-6-14-26;/h7-11,16,19H,3-6,12-15,17H2,1-2H3,(H2,23,24,25);1H. The molecule has 0 spiro atoms. The maximum Gasteiger partial charge on any atom is 0.250 e. The normalized spacial score (nSPS) is 15.6. The summed E-state index contributed by atoms with van der Waals surface area (Å²) in [6.07, 6.45) is 6.14. The second-order valence-corrected chi connectivity index (χ2v) is 7.52. The van der Waals surface area contributed by atoms with Crippen molar-refractivity contribution in [3.63, 3.8) is 0 Å². The Balaban J connectivity index is 0.00000320. The van der Waals surface area contributed by atoms with E-state index in [1.54, 1.807) is 19.4 Å². The van der Waals surface area contributed by atoms with Gasteiger partial charge in [0, 0.05) is 38.4 Å². The van der Waals surface area contributed by atoms with Crippen molar-refractivity contribution in [1.29, 1.82) is 0 Å². The summed E-state index contributed by atoms with van der Waals surface area (Å²) >= 11 is 0. The molecule has 1 unspecified atom stereocenters. The maximum absolute atomic E-state index is 11.9. The predicted octanol–water partition coefficient (Wildman–Crippen LogP) is 3.15. The third kappa shape index (κ3) is 6.87. The molecule has 2 aromatic rings. The predicted molar refractivity (Wildman–Crippen MR) is 132 cm³/mol. The van der Waals surface area contributed by atoms with Crippen LogP contribution in [-0.4, -0.2) is 48.7 Å². The highest BCUT2D eigenvalue weighted by Crippen LogP contribution is 2.24. The smallest absolute Gasteiger partial charge is 0.250 e. The molecule has 0 aromatic carbocycles. The van der Waals surface area contributed by atoms with Crippen molar-refractivity contribution >= 4 is 29.9 Å². The Morgan fingerprint density at radius 2 is 1.97 bits per heavy atom. The van der Waals surface area contributed by atoms with Gasteiger partial charge in [-0.2, -0.15) is 0 Å². The number of aryl methyl sites for hydroxylation is 1. The fourth-order valence-corrected chi connectivity index (χ4v) is 3.87. The molecule has 30 heavy (non-hydrogen) atoms. The molecule has 3 heterocycles. The van der Waals surface area contributed by atoms with E-state index in [1.165, 1.54) is 12.8 Å². The zero-order valence-electron chi connectivity index (χ0n) is 18.0. The van der Waals surface area contributed by atoms with E-state index in [0.717, 1.165) is 63.0 Å². The molecule has 0 radical (unpaired) electrons. The van der Waals surface area contributed by atoms with Gasteiger partial charge in [-0.3, -0.25) is 14.7 Å². The van der Waals surface area contributed by atoms with Crippen LogP contribution in [0.2, 0.25) is 0 Å². The van der Waals surface area contributed by atoms with Gasteiger partial charge in [0.2, 0.25) is 0 Å². The largest absolute Gasteiger partial charge is 0.468 e. The highest BCUT2D eigenvalue weighted by Gasteiger charge is 2.25. The van der Waals surface area contributed by atoms with Crippen molar-refractivity contribution in [2.75, 3.05) is 33.2 Å². The fourth-order valence-electron chi connectivity index (χ4n) is 3.87. The van der Waals surface area contributed by atoms with Crippen LogP contribution >= 0.6 is 24.0 Å². The van der Waals surface area contributed by atoms with E-state index in [9.17, 15) is 4.79 Å². The molecule has 2 N–H and O–H groups in total. The van der Waals surface area contributed by atoms with E-state index in [-0.39, 0.29) is 35.6 Å². The Morgan fingerprint density at radius 1 is 1.17 bits per heavy atom. The molecule has 2 aromatic heterocycles. The zero-order valence-corrected chi connectivity index (χ0v) is 20.3. The number of nitrogens with zero attached hydrogens (tertiary/aromatic N) is 3. The van der Waals surface area contributed by atoms with Crippen molar-refractivity contribution in [3.05, 3.63) is 58.4 Å². The fraction of sp³-hybridized carbons (Fsp3) is 0.545. The summed E-state index contributed by atoms with van der Waals surface area (Å²) in [5.74, 6) is 1.80. The molecular formula is C22H34IN5O2. The van der Waals surface area contributed by atoms with Gasteiger partial charge in [-0.25, -0.2) is 0 Å². The van der Waals surface area contributed by atoms with E-state index in [0.29, 0.717) is 0 Å². The number of pyridine rings is 1. The van der Waals surface area contributed by atoms with E-state index < -0.39 is 0 Å². The van der Waals surface area contributed by atoms with Crippen molar-refractivity contribution in [2.24, 2.45) is 4.99 Å². The van der Waals surface area contributed by atoms with E-state index in [2.05, 4.69) is 20.5 Å². The molecular weight excluding hydrogens is 493 g/mol. The third-order valence-corrected chi connectivity index (χ3v) is 5.51. The summed E-state index contributed by atoms with van der Waals surface area (Å²) in [7, 11) is 1.79. The number of unbranched alkanes of at least 4 members (excludes halogenated alkanes) is 1. The molecule has 8 heteroatoms. The van der Waals surface area contributed by atoms with Crippen LogP contribution in [0, 0.1) is 6.92 Å². The van der Waals surface area contributed by atoms with Gasteiger partial charge in [-0.15, -0.1) is 24.0 Å². The summed E-state index contributed by atoms with van der Waals surface area (Å²) < 4.78 is 7.51. The molecule has 0 amide bonds. The number of hydrogen-bond donors (Lipinski definition) is 2. The minimum absolute atomic E-state index is 0. The van der Waals surface area contributed by atoms with Gasteiger partial charge in [0.25, 0.3) is 5.56 Å². The van der Waals surface area contributed by atoms with Gasteiger partial charge in [-0.1, -0.05) is 6.07 Å². The molecule has 166 valence electrons. The quantitative estimate of drug-likeness (QED) is 0.227. The highest BCUT2D eigenvalue weighted by molar-refractivity contribution is 14.0. The zero-order chi connectivity index (χ0) is 20.5. The number of aliphatic imine (C=N–C) groups is 1. The average molecular weight is 527 g/mol. The van der Waals surface area contributed by atoms with Crippen molar-refractivity contribution in [3.8, 4) is 0 Å². The Labute approximate surface area is 196 Å². The summed E-state index contributed by atoms with van der Waals surface area (Å²) in [5, 5.41) is 6.82. The molecule has 1 aliphatic heterocycles. The van der Waals surface area contributed by atoms with Crippen LogP contribution in [0.4, 0.5) is 0 Å². The van der Waals surface area contributed by atoms with Gasteiger partial charge in [0.1, 0.15) is 5.76 Å². The Morgan fingerprint density at radius 3 is 2.63 bits per heavy atom. The number of likely N-dealkylation sites (tertiary alicyclic amines) is 1. The maximum atomic E-state index is 11.9. The summed E-state index contributed by atoms with van der Waals surface area (Å²) in [5.41, 5.74) is 1.08. The third-order valence-electron chi connectivity index (χ3n) is 5.51. The Bertz CT molecular complexity index is 828. The van der Waals surface area contributed by atoms with Gasteiger partial charge in [-0.05, 0) is 63.9 Å². The number of guanidine groups is 1. The minimum atomic E-state index is 0. The first-order valence-corrected chi connectivity index (χ1v) is 10.6. The minimum Gasteiger partial charge on any atom is -0.468 e. The van der Waals surface area contributed by atoms with Crippen LogP contribution in [-0.2, 0) is 6.54 Å². The topological polar surface area (TPSA) is 74.8 Å². The van der Waals surface area contributed by atoms with Crippen LogP contribution in [0.5, 0.6) is 0 Å². The van der Waals surface area contributed by atoms with Gasteiger partial charge in [0.15, 0.2) is 5.96 Å². The summed E-state index contributed by atoms with van der Waals surface area (Å²) in [6, 6.07) is 9.62. The summed E-state index contributed by atoms with van der Waals surface area (Å²) in [4.78, 5) is 18.7. The lowest BCUT2D eigenvalue weighted by Gasteiger charge is -2.26. The molecule has 1 saturated heterocycles. The van der Waals surface area contributed by atoms with Gasteiger partial charge < -0.3 is 19.6 Å². The average Bonchev–Trinajstić information content (AvgIpc) is 3.43. The number of rotatable bonds is 9. The monoisotopic (exact) mass is 527 g/mol. The van der Waals surface area contributed by atoms with Gasteiger partial charge >= 0.3 is 0 Å². The van der Waals surface area contributed by atoms with Crippen molar-refractivity contribution < 1.29 is 4.42 Å². The van der Waals surface area contributed by atoms with E-state index >= 15 is 0 Å². The Kier molecular flexibility index (Phi) is 10.4. The summed E-state index contributed by atoms with van der Waals surface area (Å²) in [6.45, 7) is 6.51. The van der Waals surface area contributed by atoms with Crippen LogP contribution in [0.1, 0.15) is 43.2 Å². The number of halogens is 1. The molecule has 1 aliphatic rings. The molecule has 0 saturated carbocycles. The first kappa shape index (κ1) is 24.5. The number of nitrogens with one attached hydrogen (secondary N) is 2. The first-order valence-electron chi connectivity index (χ1n) is 10.6. The SMILES string of the molecule is CN=C(NCCCCn1c(C)cccc1=O)NCC(c1ccco1)N1CCCC1.I. The van der Waals surface area contributed by atoms with Crippen molar-refractivity contribution in [1.82, 2.24) is 20.1 Å². The number of hydrogen-bond acceptors (Lipinski definition) is 4. The lowest BCUT2D eigenvalue weighted by atomic mass is 10.2. The Hall–Kier alpha value is -1.81. The van der Waals surface area contributed by atoms with Crippen LogP contribution in [0.3, 0.4) is 0 Å². The lowest BCUT2D eigenvalue weighted by Crippen LogP contribution is -2.42. The van der Waals surface area contributed by atoms with Crippen LogP contribution in [0.15, 0.2) is 50.8 Å². The second-order valence-electron chi connectivity index (χ2n) is 7.52. The molecule has 0 bridgehead atoms. The van der Waals surface area contributed by atoms with Crippen LogP contribution in [0.25, 0.3) is 0 Å². The second kappa shape index (κ2) is 12.8. The highest BCUT2D eigenvalue weighted by atomic mass is 127. The number of furan rings is 1. The number of aromatic nitrogens is 1. The van der Waals surface area contributed by atoms with Gasteiger partial charge in [0.05, 0.1) is 12.3 Å². The lowest BCUT2D eigenvalue weighted by molar-refractivity contribution is 0.215. The van der Waals surface area contributed by atoms with Crippen molar-refractivity contribution in [2.45, 2.75) is 45.2 Å². The van der Waals surface area contributed by atoms with Crippen LogP contribution < -0.4 is 16.2 Å². The van der Waals surface area contributed by atoms with E-state index in [4.69, 9.17) is 4.42 Å². The van der Waals surface area contributed by atoms with E-state index in [1.807, 2.05) is 35.8 Å². The molecule has 0 aliphatic carbocycles.